The van der Waals surface area contributed by atoms with E-state index in [-0.39, 0.29) is 24.4 Å². The molecule has 10 heteroatoms. The first-order valence-electron chi connectivity index (χ1n) is 9.25. The van der Waals surface area contributed by atoms with Crippen molar-refractivity contribution >= 4 is 23.7 Å². The Morgan fingerprint density at radius 2 is 1.79 bits per heavy atom. The largest absolute Gasteiger partial charge is 0.524 e. The van der Waals surface area contributed by atoms with Crippen LogP contribution in [0.5, 0.6) is 5.75 Å². The topological polar surface area (TPSA) is 133 Å². The second-order valence-electron chi connectivity index (χ2n) is 7.88. The van der Waals surface area contributed by atoms with E-state index in [0.717, 1.165) is 12.5 Å². The van der Waals surface area contributed by atoms with E-state index in [0.29, 0.717) is 12.8 Å². The highest BCUT2D eigenvalue weighted by Gasteiger charge is 2.49. The molecule has 0 aliphatic carbocycles. The molecule has 0 unspecified atom stereocenters. The number of nitrogens with zero attached hydrogens (tertiary/aromatic N) is 2. The molecule has 1 aromatic carbocycles. The molecule has 0 atom stereocenters. The lowest BCUT2D eigenvalue weighted by atomic mass is 10.0. The number of carbonyl (C=O) groups excluding carboxylic acids is 2. The van der Waals surface area contributed by atoms with Gasteiger partial charge in [0.05, 0.1) is 23.6 Å². The van der Waals surface area contributed by atoms with Gasteiger partial charge in [0, 0.05) is 6.07 Å². The number of ether oxygens (including phenoxy) is 2. The molecule has 158 valence electrons. The first-order chi connectivity index (χ1) is 13.5. The van der Waals surface area contributed by atoms with Gasteiger partial charge in [-0.2, -0.15) is 9.28 Å². The normalized spacial score (nSPS) is 16.0. The molecular weight excluding hydrogens is 384 g/mol. The number of imide groups is 1. The smallest absolute Gasteiger partial charge is 0.479 e. The Bertz CT molecular complexity index is 822. The van der Waals surface area contributed by atoms with Crippen molar-refractivity contribution in [3.05, 3.63) is 33.9 Å². The van der Waals surface area contributed by atoms with Gasteiger partial charge in [0.1, 0.15) is 5.60 Å². The van der Waals surface area contributed by atoms with Gasteiger partial charge in [-0.15, -0.1) is 0 Å². The number of piperidine rings is 1. The van der Waals surface area contributed by atoms with Crippen molar-refractivity contribution in [3.63, 3.8) is 0 Å². The molecule has 2 rings (SSSR count). The van der Waals surface area contributed by atoms with Crippen LogP contribution in [-0.2, 0) is 9.53 Å². The average molecular weight is 409 g/mol. The number of amides is 2. The number of hydrogen-bond acceptors (Lipinski definition) is 7. The Balaban J connectivity index is 2.43. The number of carboxylic acid groups (broad SMARTS) is 1. The van der Waals surface area contributed by atoms with E-state index in [1.165, 1.54) is 12.1 Å². The van der Waals surface area contributed by atoms with Crippen LogP contribution in [0, 0.1) is 10.1 Å². The van der Waals surface area contributed by atoms with Gasteiger partial charge < -0.3 is 14.6 Å². The van der Waals surface area contributed by atoms with E-state index in [1.807, 2.05) is 0 Å². The zero-order valence-corrected chi connectivity index (χ0v) is 16.7. The molecule has 2 amide bonds. The zero-order valence-electron chi connectivity index (χ0n) is 16.7. The number of benzene rings is 1. The summed E-state index contributed by atoms with van der Waals surface area (Å²) < 4.78 is 9.84. The van der Waals surface area contributed by atoms with Gasteiger partial charge in [-0.3, -0.25) is 10.1 Å². The van der Waals surface area contributed by atoms with E-state index in [2.05, 4.69) is 0 Å². The van der Waals surface area contributed by atoms with Gasteiger partial charge in [-0.1, -0.05) is 0 Å². The number of carbonyl (C=O) groups is 3. The van der Waals surface area contributed by atoms with Crippen molar-refractivity contribution in [2.45, 2.75) is 45.6 Å². The SMILES string of the molecule is CC(C)(C)OC(=O)[N+]1(C(=O)c2ccc(OCC(=O)O)c([N+](=O)[O-])c2)CCCCC1. The molecule has 1 fully saturated rings. The average Bonchev–Trinajstić information content (AvgIpc) is 2.64. The number of aliphatic carboxylic acids is 1. The van der Waals surface area contributed by atoms with E-state index >= 15 is 0 Å². The summed E-state index contributed by atoms with van der Waals surface area (Å²) in [6.07, 6.45) is 1.48. The van der Waals surface area contributed by atoms with Crippen LogP contribution in [0.1, 0.15) is 50.4 Å². The highest BCUT2D eigenvalue weighted by Crippen LogP contribution is 2.32. The first-order valence-corrected chi connectivity index (χ1v) is 9.25. The van der Waals surface area contributed by atoms with Crippen LogP contribution < -0.4 is 4.74 Å². The van der Waals surface area contributed by atoms with Crippen molar-refractivity contribution in [3.8, 4) is 5.75 Å². The van der Waals surface area contributed by atoms with Gasteiger partial charge in [0.2, 0.25) is 0 Å². The Morgan fingerprint density at radius 1 is 1.17 bits per heavy atom. The Morgan fingerprint density at radius 3 is 2.31 bits per heavy atom. The van der Waals surface area contributed by atoms with Crippen molar-refractivity contribution in [1.29, 1.82) is 0 Å². The van der Waals surface area contributed by atoms with Gasteiger partial charge in [-0.25, -0.2) is 9.59 Å². The van der Waals surface area contributed by atoms with Gasteiger partial charge in [0.25, 0.3) is 0 Å². The second kappa shape index (κ2) is 8.56. The number of likely N-dealkylation sites (tertiary alicyclic amines) is 1. The number of nitro groups is 1. The van der Waals surface area contributed by atoms with Crippen LogP contribution in [0.4, 0.5) is 10.5 Å². The third-order valence-electron chi connectivity index (χ3n) is 4.47. The summed E-state index contributed by atoms with van der Waals surface area (Å²) >= 11 is 0. The molecule has 0 aromatic heterocycles. The molecule has 1 aliphatic heterocycles. The molecule has 1 aliphatic rings. The molecule has 10 nitrogen and oxygen atoms in total. The predicted molar refractivity (Wildman–Crippen MR) is 101 cm³/mol. The van der Waals surface area contributed by atoms with E-state index in [9.17, 15) is 24.5 Å². The van der Waals surface area contributed by atoms with Crippen LogP contribution >= 0.6 is 0 Å². The van der Waals surface area contributed by atoms with Crippen molar-refractivity contribution in [2.24, 2.45) is 0 Å². The first kappa shape index (κ1) is 22.3. The fourth-order valence-corrected chi connectivity index (χ4v) is 3.17. The summed E-state index contributed by atoms with van der Waals surface area (Å²) in [6, 6.07) is 3.48. The molecule has 1 N–H and O–H groups in total. The van der Waals surface area contributed by atoms with Gasteiger partial charge in [-0.05, 0) is 52.2 Å². The summed E-state index contributed by atoms with van der Waals surface area (Å²) in [5.74, 6) is -2.15. The lowest BCUT2D eigenvalue weighted by Gasteiger charge is -2.36. The van der Waals surface area contributed by atoms with Crippen molar-refractivity contribution < 1.29 is 38.4 Å². The summed E-state index contributed by atoms with van der Waals surface area (Å²) in [5.41, 5.74) is -1.37. The summed E-state index contributed by atoms with van der Waals surface area (Å²) in [6.45, 7) is 4.85. The van der Waals surface area contributed by atoms with Crippen LogP contribution in [0.3, 0.4) is 0 Å². The highest BCUT2D eigenvalue weighted by molar-refractivity contribution is 5.95. The Labute approximate surface area is 167 Å². The fraction of sp³-hybridized carbons (Fsp3) is 0.526. The number of hydrogen-bond donors (Lipinski definition) is 1. The lowest BCUT2D eigenvalue weighted by Crippen LogP contribution is -2.60. The minimum Gasteiger partial charge on any atom is -0.479 e. The van der Waals surface area contributed by atoms with Crippen molar-refractivity contribution in [1.82, 2.24) is 0 Å². The summed E-state index contributed by atoms with van der Waals surface area (Å²) in [4.78, 5) is 47.5. The maximum Gasteiger partial charge on any atom is 0.524 e. The standard InChI is InChI=1S/C19H24N2O8/c1-19(2,3)29-18(25)21(9-5-4-6-10-21)17(24)13-7-8-15(28-12-16(22)23)14(11-13)20(26)27/h7-8,11H,4-6,9-10,12H2,1-3H3/p+1. The van der Waals surface area contributed by atoms with Crippen LogP contribution in [0.25, 0.3) is 0 Å². The highest BCUT2D eigenvalue weighted by atomic mass is 16.6. The molecule has 1 heterocycles. The minimum absolute atomic E-state index is 0.0351. The third-order valence-corrected chi connectivity index (χ3v) is 4.47. The predicted octanol–water partition coefficient (Wildman–Crippen LogP) is 3.13. The number of quaternary nitrogens is 1. The summed E-state index contributed by atoms with van der Waals surface area (Å²) in [7, 11) is 0. The van der Waals surface area contributed by atoms with Gasteiger partial charge >= 0.3 is 23.7 Å². The number of carboxylic acids is 1. The molecule has 0 radical (unpaired) electrons. The monoisotopic (exact) mass is 409 g/mol. The molecule has 0 bridgehead atoms. The van der Waals surface area contributed by atoms with Crippen LogP contribution in [0.15, 0.2) is 18.2 Å². The lowest BCUT2D eigenvalue weighted by molar-refractivity contribution is -0.782. The third kappa shape index (κ3) is 5.29. The van der Waals surface area contributed by atoms with E-state index < -0.39 is 45.3 Å². The number of rotatable bonds is 5. The number of nitro benzene ring substituents is 1. The molecule has 1 saturated heterocycles. The molecule has 1 aromatic rings. The minimum atomic E-state index is -1.29. The van der Waals surface area contributed by atoms with Crippen molar-refractivity contribution in [2.75, 3.05) is 19.7 Å². The Kier molecular flexibility index (Phi) is 6.58. The quantitative estimate of drug-likeness (QED) is 0.445. The molecule has 0 spiro atoms. The van der Waals surface area contributed by atoms with Crippen LogP contribution in [-0.4, -0.2) is 57.8 Å². The van der Waals surface area contributed by atoms with Gasteiger partial charge in [0.15, 0.2) is 12.4 Å². The van der Waals surface area contributed by atoms with Crippen LogP contribution in [0.2, 0.25) is 0 Å². The zero-order chi connectivity index (χ0) is 21.8. The summed E-state index contributed by atoms with van der Waals surface area (Å²) in [5, 5.41) is 20.1. The Hall–Kier alpha value is -3.01. The molecule has 29 heavy (non-hydrogen) atoms. The van der Waals surface area contributed by atoms with E-state index in [4.69, 9.17) is 14.6 Å². The fourth-order valence-electron chi connectivity index (χ4n) is 3.17. The maximum absolute atomic E-state index is 13.3. The second-order valence-corrected chi connectivity index (χ2v) is 7.88. The molecule has 0 saturated carbocycles. The van der Waals surface area contributed by atoms with E-state index in [1.54, 1.807) is 20.8 Å². The molecular formula is C19H25N2O8+. The maximum atomic E-state index is 13.3.